The molecule has 0 spiro atoms. The third-order valence-corrected chi connectivity index (χ3v) is 9.85. The fourth-order valence-electron chi connectivity index (χ4n) is 7.34. The Kier molecular flexibility index (Phi) is 7.14. The molecule has 9 aromatic rings. The second kappa shape index (κ2) is 12.4. The van der Waals surface area contributed by atoms with E-state index in [-0.39, 0.29) is 6.17 Å². The molecule has 1 aromatic heterocycles. The number of hydrogen-bond acceptors (Lipinski definition) is 5. The van der Waals surface area contributed by atoms with E-state index >= 15 is 0 Å². The Morgan fingerprint density at radius 2 is 1.10 bits per heavy atom. The van der Waals surface area contributed by atoms with Gasteiger partial charge in [0.25, 0.3) is 0 Å². The lowest BCUT2D eigenvalue weighted by Gasteiger charge is -2.27. The van der Waals surface area contributed by atoms with Crippen molar-refractivity contribution in [3.63, 3.8) is 0 Å². The van der Waals surface area contributed by atoms with Gasteiger partial charge in [-0.25, -0.2) is 9.98 Å². The number of hydrogen-bond donors (Lipinski definition) is 1. The van der Waals surface area contributed by atoms with Gasteiger partial charge in [-0.2, -0.15) is 0 Å². The van der Waals surface area contributed by atoms with Gasteiger partial charge in [-0.15, -0.1) is 0 Å². The lowest BCUT2D eigenvalue weighted by atomic mass is 10.0. The first-order valence-corrected chi connectivity index (χ1v) is 17.5. The maximum atomic E-state index is 6.66. The van der Waals surface area contributed by atoms with Crippen LogP contribution in [0.15, 0.2) is 196 Å². The summed E-state index contributed by atoms with van der Waals surface area (Å²) in [6.45, 7) is 0. The number of furan rings is 1. The standard InChI is InChI=1S/C47H32N4O/c1-3-15-33(16-4-1)45-48-46(34-17-5-2-6-18-34)50-47(49-45)41-29-39(30-43-44(41)40-21-11-12-22-42(40)52-43)51(37-25-23-31-13-7-9-19-35(31)27-37)38-26-24-32-14-8-10-20-36(32)28-38/h1-30,45H,(H,48,49,50). The summed E-state index contributed by atoms with van der Waals surface area (Å²) < 4.78 is 6.66. The second-order valence-corrected chi connectivity index (χ2v) is 13.1. The summed E-state index contributed by atoms with van der Waals surface area (Å²) >= 11 is 0. The maximum absolute atomic E-state index is 6.66. The SMILES string of the molecule is c1ccc(C2=NC(c3cc(N(c4ccc5ccccc5c4)c4ccc5ccccc5c4)cc4oc5ccccc5c34)=NC(c3ccccc3)N2)cc1. The van der Waals surface area contributed by atoms with Gasteiger partial charge < -0.3 is 14.6 Å². The smallest absolute Gasteiger partial charge is 0.160 e. The van der Waals surface area contributed by atoms with Gasteiger partial charge in [0, 0.05) is 39.3 Å². The number of rotatable bonds is 6. The Morgan fingerprint density at radius 1 is 0.500 bits per heavy atom. The zero-order valence-corrected chi connectivity index (χ0v) is 28.1. The molecule has 1 unspecified atom stereocenters. The molecule has 1 atom stereocenters. The molecule has 0 saturated heterocycles. The molecule has 8 aromatic carbocycles. The van der Waals surface area contributed by atoms with E-state index in [1.165, 1.54) is 21.5 Å². The minimum Gasteiger partial charge on any atom is -0.456 e. The van der Waals surface area contributed by atoms with Crippen LogP contribution in [-0.4, -0.2) is 11.7 Å². The molecular formula is C47H32N4O. The quantitative estimate of drug-likeness (QED) is 0.192. The number of anilines is 3. The summed E-state index contributed by atoms with van der Waals surface area (Å²) in [6.07, 6.45) is -0.335. The number of fused-ring (bicyclic) bond motifs is 5. The highest BCUT2D eigenvalue weighted by molar-refractivity contribution is 6.22. The largest absolute Gasteiger partial charge is 0.456 e. The Hall–Kier alpha value is -6.98. The van der Waals surface area contributed by atoms with Crippen LogP contribution in [0.4, 0.5) is 17.1 Å². The first-order valence-electron chi connectivity index (χ1n) is 17.5. The van der Waals surface area contributed by atoms with Crippen molar-refractivity contribution in [3.05, 3.63) is 199 Å². The molecule has 10 rings (SSSR count). The third kappa shape index (κ3) is 5.27. The molecule has 52 heavy (non-hydrogen) atoms. The monoisotopic (exact) mass is 668 g/mol. The second-order valence-electron chi connectivity index (χ2n) is 13.1. The van der Waals surface area contributed by atoms with Gasteiger partial charge in [-0.1, -0.05) is 140 Å². The third-order valence-electron chi connectivity index (χ3n) is 9.85. The summed E-state index contributed by atoms with van der Waals surface area (Å²) in [6, 6.07) is 63.5. The molecule has 0 bridgehead atoms. The Bertz CT molecular complexity index is 2760. The van der Waals surface area contributed by atoms with Gasteiger partial charge >= 0.3 is 0 Å². The van der Waals surface area contributed by atoms with Crippen LogP contribution < -0.4 is 10.2 Å². The van der Waals surface area contributed by atoms with E-state index in [0.29, 0.717) is 5.84 Å². The lowest BCUT2D eigenvalue weighted by molar-refractivity contribution is 0.668. The van der Waals surface area contributed by atoms with Crippen molar-refractivity contribution in [2.75, 3.05) is 4.90 Å². The number of aliphatic imine (C=N–C) groups is 2. The fraction of sp³-hybridized carbons (Fsp3) is 0.0213. The van der Waals surface area contributed by atoms with Crippen molar-refractivity contribution in [1.29, 1.82) is 0 Å². The topological polar surface area (TPSA) is 53.1 Å². The Balaban J connectivity index is 1.25. The molecule has 1 aliphatic heterocycles. The van der Waals surface area contributed by atoms with E-state index in [4.69, 9.17) is 14.4 Å². The number of amidine groups is 2. The van der Waals surface area contributed by atoms with Crippen molar-refractivity contribution in [2.45, 2.75) is 6.17 Å². The zero-order valence-electron chi connectivity index (χ0n) is 28.1. The van der Waals surface area contributed by atoms with Crippen LogP contribution >= 0.6 is 0 Å². The Labute approximate surface area is 300 Å². The van der Waals surface area contributed by atoms with Crippen LogP contribution in [0.2, 0.25) is 0 Å². The van der Waals surface area contributed by atoms with Crippen LogP contribution in [-0.2, 0) is 0 Å². The molecule has 0 aliphatic carbocycles. The highest BCUT2D eigenvalue weighted by atomic mass is 16.3. The molecule has 1 N–H and O–H groups in total. The first kappa shape index (κ1) is 29.9. The predicted molar refractivity (Wildman–Crippen MR) is 215 cm³/mol. The molecule has 0 fully saturated rings. The predicted octanol–water partition coefficient (Wildman–Crippen LogP) is 11.9. The molecule has 246 valence electrons. The first-order chi connectivity index (χ1) is 25.7. The van der Waals surface area contributed by atoms with Gasteiger partial charge in [-0.3, -0.25) is 0 Å². The van der Waals surface area contributed by atoms with Gasteiger partial charge in [0.2, 0.25) is 0 Å². The summed E-state index contributed by atoms with van der Waals surface area (Å²) in [5.41, 5.74) is 7.57. The van der Waals surface area contributed by atoms with Gasteiger partial charge in [-0.05, 0) is 63.5 Å². The van der Waals surface area contributed by atoms with E-state index in [1.54, 1.807) is 0 Å². The zero-order chi connectivity index (χ0) is 34.4. The minimum absolute atomic E-state index is 0.335. The summed E-state index contributed by atoms with van der Waals surface area (Å²) in [5.74, 6) is 1.41. The highest BCUT2D eigenvalue weighted by Gasteiger charge is 2.26. The Morgan fingerprint density at radius 3 is 1.79 bits per heavy atom. The molecule has 1 aliphatic rings. The molecule has 0 radical (unpaired) electrons. The summed E-state index contributed by atoms with van der Waals surface area (Å²) in [5, 5.41) is 10.3. The van der Waals surface area contributed by atoms with Gasteiger partial charge in [0.1, 0.15) is 23.2 Å². The van der Waals surface area contributed by atoms with Gasteiger partial charge in [0.15, 0.2) is 5.84 Å². The minimum atomic E-state index is -0.335. The van der Waals surface area contributed by atoms with Crippen molar-refractivity contribution in [2.24, 2.45) is 9.98 Å². The van der Waals surface area contributed by atoms with Crippen LogP contribution in [0.25, 0.3) is 43.5 Å². The van der Waals surface area contributed by atoms with Crippen molar-refractivity contribution in [1.82, 2.24) is 5.32 Å². The van der Waals surface area contributed by atoms with E-state index in [2.05, 4.69) is 144 Å². The van der Waals surface area contributed by atoms with Crippen LogP contribution in [0.3, 0.4) is 0 Å². The number of nitrogens with zero attached hydrogens (tertiary/aromatic N) is 3. The van der Waals surface area contributed by atoms with E-state index in [0.717, 1.165) is 61.5 Å². The molecule has 2 heterocycles. The number of benzene rings is 8. The molecule has 0 saturated carbocycles. The molecular weight excluding hydrogens is 637 g/mol. The highest BCUT2D eigenvalue weighted by Crippen LogP contribution is 2.42. The van der Waals surface area contributed by atoms with Gasteiger partial charge in [0.05, 0.1) is 5.69 Å². The van der Waals surface area contributed by atoms with E-state index in [1.807, 2.05) is 48.5 Å². The van der Waals surface area contributed by atoms with Crippen molar-refractivity contribution < 1.29 is 4.42 Å². The van der Waals surface area contributed by atoms with E-state index < -0.39 is 0 Å². The molecule has 5 heteroatoms. The van der Waals surface area contributed by atoms with Crippen molar-refractivity contribution in [3.8, 4) is 0 Å². The summed E-state index contributed by atoms with van der Waals surface area (Å²) in [4.78, 5) is 12.9. The maximum Gasteiger partial charge on any atom is 0.160 e. The van der Waals surface area contributed by atoms with Crippen LogP contribution in [0.1, 0.15) is 22.9 Å². The van der Waals surface area contributed by atoms with E-state index in [9.17, 15) is 0 Å². The average Bonchev–Trinajstić information content (AvgIpc) is 3.60. The summed E-state index contributed by atoms with van der Waals surface area (Å²) in [7, 11) is 0. The van der Waals surface area contributed by atoms with Crippen LogP contribution in [0.5, 0.6) is 0 Å². The number of para-hydroxylation sites is 1. The number of nitrogens with one attached hydrogen (secondary N) is 1. The lowest BCUT2D eigenvalue weighted by Crippen LogP contribution is -2.33. The van der Waals surface area contributed by atoms with Crippen molar-refractivity contribution >= 4 is 72.2 Å². The average molecular weight is 669 g/mol. The molecule has 5 nitrogen and oxygen atoms in total. The molecule has 0 amide bonds. The normalized spacial score (nSPS) is 14.3. The van der Waals surface area contributed by atoms with Crippen LogP contribution in [0, 0.1) is 0 Å². The fourth-order valence-corrected chi connectivity index (χ4v) is 7.34.